The molecule has 0 radical (unpaired) electrons. The molecule has 3 aromatic rings. The van der Waals surface area contributed by atoms with Crippen LogP contribution in [-0.4, -0.2) is 42.4 Å². The van der Waals surface area contributed by atoms with E-state index in [1.807, 2.05) is 46.2 Å². The molecule has 3 heterocycles. The monoisotopic (exact) mass is 327 g/mol. The van der Waals surface area contributed by atoms with Crippen LogP contribution >= 0.6 is 11.7 Å². The number of hydrogen-bond donors (Lipinski definition) is 0. The van der Waals surface area contributed by atoms with Crippen LogP contribution in [0.4, 0.5) is 0 Å². The Bertz CT molecular complexity index is 805. The number of carbonyl (C=O) groups is 1. The van der Waals surface area contributed by atoms with E-state index in [-0.39, 0.29) is 5.91 Å². The lowest BCUT2D eigenvalue weighted by Gasteiger charge is -2.32. The van der Waals surface area contributed by atoms with Crippen LogP contribution in [-0.2, 0) is 6.54 Å². The van der Waals surface area contributed by atoms with Gasteiger partial charge in [0.15, 0.2) is 0 Å². The van der Waals surface area contributed by atoms with Crippen molar-refractivity contribution in [2.75, 3.05) is 13.1 Å². The first-order valence-corrected chi connectivity index (χ1v) is 8.51. The molecule has 0 N–H and O–H groups in total. The summed E-state index contributed by atoms with van der Waals surface area (Å²) in [7, 11) is 0. The minimum atomic E-state index is 0.0949. The van der Waals surface area contributed by atoms with E-state index in [0.717, 1.165) is 43.5 Å². The van der Waals surface area contributed by atoms with Gasteiger partial charge in [-0.05, 0) is 43.0 Å². The molecule has 1 aliphatic heterocycles. The van der Waals surface area contributed by atoms with E-state index < -0.39 is 0 Å². The predicted octanol–water partition coefficient (Wildman–Crippen LogP) is 2.44. The molecule has 0 unspecified atom stereocenters. The highest BCUT2D eigenvalue weighted by Gasteiger charge is 2.24. The number of likely N-dealkylation sites (tertiary alicyclic amines) is 1. The van der Waals surface area contributed by atoms with Crippen molar-refractivity contribution in [3.63, 3.8) is 0 Å². The molecule has 118 valence electrons. The number of nitrogens with zero attached hydrogens (tertiary/aromatic N) is 5. The molecule has 23 heavy (non-hydrogen) atoms. The van der Waals surface area contributed by atoms with Crippen molar-refractivity contribution in [2.24, 2.45) is 5.92 Å². The summed E-state index contributed by atoms with van der Waals surface area (Å²) in [4.78, 5) is 14.6. The quantitative estimate of drug-likeness (QED) is 0.741. The maximum Gasteiger partial charge on any atom is 0.253 e. The van der Waals surface area contributed by atoms with E-state index in [4.69, 9.17) is 0 Å². The molecule has 1 amide bonds. The Morgan fingerprint density at radius 1 is 1.22 bits per heavy atom. The van der Waals surface area contributed by atoms with E-state index in [9.17, 15) is 4.79 Å². The smallest absolute Gasteiger partial charge is 0.253 e. The highest BCUT2D eigenvalue weighted by atomic mass is 32.1. The lowest BCUT2D eigenvalue weighted by atomic mass is 9.96. The first-order chi connectivity index (χ1) is 11.3. The van der Waals surface area contributed by atoms with Gasteiger partial charge in [0.2, 0.25) is 0 Å². The van der Waals surface area contributed by atoms with E-state index in [2.05, 4.69) is 13.8 Å². The third-order valence-electron chi connectivity index (χ3n) is 4.41. The Labute approximate surface area is 138 Å². The highest BCUT2D eigenvalue weighted by molar-refractivity contribution is 7.00. The third-order valence-corrected chi connectivity index (χ3v) is 4.96. The van der Waals surface area contributed by atoms with E-state index in [0.29, 0.717) is 11.5 Å². The molecule has 1 saturated heterocycles. The Balaban J connectivity index is 1.40. The van der Waals surface area contributed by atoms with Gasteiger partial charge in [0, 0.05) is 37.6 Å². The van der Waals surface area contributed by atoms with Gasteiger partial charge in [0.1, 0.15) is 11.0 Å². The van der Waals surface area contributed by atoms with Crippen molar-refractivity contribution >= 4 is 28.7 Å². The summed E-state index contributed by atoms with van der Waals surface area (Å²) in [5.41, 5.74) is 2.36. The van der Waals surface area contributed by atoms with Crippen LogP contribution < -0.4 is 0 Å². The molecule has 2 aromatic heterocycles. The zero-order chi connectivity index (χ0) is 15.6. The van der Waals surface area contributed by atoms with Crippen molar-refractivity contribution in [3.05, 3.63) is 42.2 Å². The largest absolute Gasteiger partial charge is 0.339 e. The lowest BCUT2D eigenvalue weighted by molar-refractivity contribution is 0.0681. The topological polar surface area (TPSA) is 63.9 Å². The number of carbonyl (C=O) groups excluding carboxylic acids is 1. The minimum absolute atomic E-state index is 0.0949. The van der Waals surface area contributed by atoms with Crippen molar-refractivity contribution < 1.29 is 4.79 Å². The second-order valence-electron chi connectivity index (χ2n) is 5.93. The standard InChI is InChI=1S/C16H17N5OS/c22-16(13-2-3-14-15(10-13)19-23-18-14)20-8-4-12(5-9-20)11-21-7-1-6-17-21/h1-3,6-7,10,12H,4-5,8-9,11H2. The van der Waals surface area contributed by atoms with Gasteiger partial charge in [0.05, 0.1) is 11.7 Å². The summed E-state index contributed by atoms with van der Waals surface area (Å²) in [6.45, 7) is 2.54. The van der Waals surface area contributed by atoms with Crippen LogP contribution in [0.1, 0.15) is 23.2 Å². The van der Waals surface area contributed by atoms with Gasteiger partial charge in [-0.25, -0.2) is 0 Å². The normalized spacial score (nSPS) is 16.1. The maximum absolute atomic E-state index is 12.7. The van der Waals surface area contributed by atoms with Crippen molar-refractivity contribution in [1.29, 1.82) is 0 Å². The number of fused-ring (bicyclic) bond motifs is 1. The van der Waals surface area contributed by atoms with Crippen LogP contribution in [0, 0.1) is 5.92 Å². The predicted molar refractivity (Wildman–Crippen MR) is 88.3 cm³/mol. The molecule has 4 rings (SSSR count). The SMILES string of the molecule is O=C(c1ccc2nsnc2c1)N1CCC(Cn2cccn2)CC1. The van der Waals surface area contributed by atoms with Crippen molar-refractivity contribution in [2.45, 2.75) is 19.4 Å². The number of benzene rings is 1. The molecule has 0 atom stereocenters. The van der Waals surface area contributed by atoms with Gasteiger partial charge >= 0.3 is 0 Å². The summed E-state index contributed by atoms with van der Waals surface area (Å²) in [6, 6.07) is 7.51. The van der Waals surface area contributed by atoms with Crippen molar-refractivity contribution in [3.8, 4) is 0 Å². The summed E-state index contributed by atoms with van der Waals surface area (Å²) >= 11 is 1.18. The molecule has 1 aliphatic rings. The molecule has 0 bridgehead atoms. The second-order valence-corrected chi connectivity index (χ2v) is 6.46. The average Bonchev–Trinajstić information content (AvgIpc) is 3.25. The first kappa shape index (κ1) is 14.3. The molecule has 7 heteroatoms. The fraction of sp³-hybridized carbons (Fsp3) is 0.375. The Kier molecular flexibility index (Phi) is 3.78. The van der Waals surface area contributed by atoms with Gasteiger partial charge in [-0.15, -0.1) is 0 Å². The van der Waals surface area contributed by atoms with E-state index in [1.165, 1.54) is 11.7 Å². The molecular formula is C16H17N5OS. The van der Waals surface area contributed by atoms with Crippen LogP contribution in [0.5, 0.6) is 0 Å². The molecule has 0 spiro atoms. The van der Waals surface area contributed by atoms with Crippen LogP contribution in [0.2, 0.25) is 0 Å². The number of rotatable bonds is 3. The Morgan fingerprint density at radius 2 is 2.04 bits per heavy atom. The van der Waals surface area contributed by atoms with Gasteiger partial charge in [-0.1, -0.05) is 0 Å². The van der Waals surface area contributed by atoms with E-state index in [1.54, 1.807) is 0 Å². The first-order valence-electron chi connectivity index (χ1n) is 7.78. The van der Waals surface area contributed by atoms with Gasteiger partial charge in [-0.2, -0.15) is 13.8 Å². The molecule has 1 aromatic carbocycles. The van der Waals surface area contributed by atoms with Gasteiger partial charge < -0.3 is 4.90 Å². The van der Waals surface area contributed by atoms with Crippen LogP contribution in [0.25, 0.3) is 11.0 Å². The average molecular weight is 327 g/mol. The zero-order valence-corrected chi connectivity index (χ0v) is 13.4. The molecule has 0 aliphatic carbocycles. The maximum atomic E-state index is 12.7. The fourth-order valence-corrected chi connectivity index (χ4v) is 3.61. The number of amides is 1. The van der Waals surface area contributed by atoms with Crippen LogP contribution in [0.3, 0.4) is 0 Å². The number of piperidine rings is 1. The van der Waals surface area contributed by atoms with Crippen LogP contribution in [0.15, 0.2) is 36.7 Å². The third kappa shape index (κ3) is 2.96. The van der Waals surface area contributed by atoms with Crippen molar-refractivity contribution in [1.82, 2.24) is 23.4 Å². The number of aromatic nitrogens is 4. The lowest BCUT2D eigenvalue weighted by Crippen LogP contribution is -2.39. The Hall–Kier alpha value is -2.28. The molecular weight excluding hydrogens is 310 g/mol. The molecule has 1 fully saturated rings. The second kappa shape index (κ2) is 6.08. The van der Waals surface area contributed by atoms with Gasteiger partial charge in [0.25, 0.3) is 5.91 Å². The summed E-state index contributed by atoms with van der Waals surface area (Å²) in [5.74, 6) is 0.682. The van der Waals surface area contributed by atoms with Gasteiger partial charge in [-0.3, -0.25) is 9.48 Å². The number of hydrogen-bond acceptors (Lipinski definition) is 5. The zero-order valence-electron chi connectivity index (χ0n) is 12.6. The summed E-state index contributed by atoms with van der Waals surface area (Å²) in [6.07, 6.45) is 5.84. The fourth-order valence-electron chi connectivity index (χ4n) is 3.09. The minimum Gasteiger partial charge on any atom is -0.339 e. The highest BCUT2D eigenvalue weighted by Crippen LogP contribution is 2.21. The summed E-state index contributed by atoms with van der Waals surface area (Å²) < 4.78 is 10.4. The van der Waals surface area contributed by atoms with E-state index >= 15 is 0 Å². The summed E-state index contributed by atoms with van der Waals surface area (Å²) in [5, 5.41) is 4.26. The Morgan fingerprint density at radius 3 is 2.83 bits per heavy atom. The molecule has 6 nitrogen and oxygen atoms in total. The molecule has 0 saturated carbocycles.